The molecule has 0 bridgehead atoms. The second-order valence-corrected chi connectivity index (χ2v) is 19.6. The maximum atomic E-state index is 15.2. The van der Waals surface area contributed by atoms with E-state index in [9.17, 15) is 14.7 Å². The zero-order valence-electron chi connectivity index (χ0n) is 40.2. The fraction of sp³-hybridized carbons (Fsp3) is 0.780. The van der Waals surface area contributed by atoms with Gasteiger partial charge in [0.15, 0.2) is 18.4 Å². The molecule has 0 aromatic heterocycles. The standard InChI is InChI=1S/C50H76N2O13/c1-11-31-14-13-15-39(65-41-21-20-38(52(6)7)27(4)61-41)26(3)44(54)37-24-34-33-22-32(64-50-48(59-10)47(58-9)46(57-8)28(5)62-50)23-36(33)45(55)43(42(34)35(37)25-40(53)63-31)51-30-18-16-29(17-19-30)49(56)60-12-2/h16-19,24,26-28,31-36,38-39,41-43,45-48,50-51,55H,11-15,20-23,25H2,1-10H3/t26-,27?,28?,31+,32+,33+,34+,35-,36-,38+,39+,41+,42-,43-,45-,46+,47?,48+,50+/m1/s1. The highest BCUT2D eigenvalue weighted by molar-refractivity contribution is 5.99. The molecule has 3 unspecified atom stereocenters. The lowest BCUT2D eigenvalue weighted by molar-refractivity contribution is -0.314. The number of benzene rings is 1. The molecule has 7 rings (SSSR count). The number of nitrogens with one attached hydrogen (secondary N) is 1. The number of ketones is 1. The van der Waals surface area contributed by atoms with Crippen LogP contribution in [0.3, 0.4) is 0 Å². The number of likely N-dealkylation sites (N-methyl/N-ethyl adjacent to an activating group) is 1. The topological polar surface area (TPSA) is 170 Å². The summed E-state index contributed by atoms with van der Waals surface area (Å²) in [6, 6.07) is 6.72. The normalized spacial score (nSPS) is 41.3. The molecule has 0 amide bonds. The predicted molar refractivity (Wildman–Crippen MR) is 241 cm³/mol. The van der Waals surface area contributed by atoms with E-state index in [1.54, 1.807) is 52.5 Å². The number of carbonyl (C=O) groups excluding carboxylic acids is 3. The zero-order chi connectivity index (χ0) is 46.7. The number of cyclic esters (lactones) is 1. The van der Waals surface area contributed by atoms with E-state index < -0.39 is 60.8 Å². The van der Waals surface area contributed by atoms with E-state index in [1.807, 2.05) is 20.8 Å². The molecule has 15 heteroatoms. The number of aliphatic hydroxyl groups is 1. The van der Waals surface area contributed by atoms with Crippen molar-refractivity contribution in [2.75, 3.05) is 47.3 Å². The van der Waals surface area contributed by atoms with Crippen LogP contribution in [0.4, 0.5) is 5.69 Å². The van der Waals surface area contributed by atoms with E-state index >= 15 is 4.79 Å². The number of aliphatic hydroxyl groups excluding tert-OH is 1. The Labute approximate surface area is 385 Å². The van der Waals surface area contributed by atoms with Gasteiger partial charge in [0.1, 0.15) is 24.4 Å². The Morgan fingerprint density at radius 1 is 0.862 bits per heavy atom. The Morgan fingerprint density at radius 2 is 1.57 bits per heavy atom. The van der Waals surface area contributed by atoms with Crippen molar-refractivity contribution < 1.29 is 62.1 Å². The fourth-order valence-corrected chi connectivity index (χ4v) is 12.3. The third-order valence-electron chi connectivity index (χ3n) is 15.6. The van der Waals surface area contributed by atoms with E-state index in [4.69, 9.17) is 42.6 Å². The molecule has 3 aliphatic heterocycles. The Balaban J connectivity index is 1.22. The van der Waals surface area contributed by atoms with Crippen LogP contribution in [0.25, 0.3) is 0 Å². The first-order chi connectivity index (χ1) is 31.2. The molecule has 1 aromatic carbocycles. The van der Waals surface area contributed by atoms with Crippen LogP contribution in [-0.4, -0.2) is 149 Å². The van der Waals surface area contributed by atoms with Gasteiger partial charge >= 0.3 is 11.9 Å². The van der Waals surface area contributed by atoms with E-state index in [-0.39, 0.29) is 85.0 Å². The Hall–Kier alpha value is -2.99. The first-order valence-corrected chi connectivity index (χ1v) is 24.2. The highest BCUT2D eigenvalue weighted by Gasteiger charge is 2.60. The summed E-state index contributed by atoms with van der Waals surface area (Å²) in [5.74, 6) is -2.74. The summed E-state index contributed by atoms with van der Waals surface area (Å²) >= 11 is 0. The largest absolute Gasteiger partial charge is 0.462 e. The molecule has 6 aliphatic rings. The van der Waals surface area contributed by atoms with Gasteiger partial charge < -0.3 is 58.0 Å². The monoisotopic (exact) mass is 913 g/mol. The lowest BCUT2D eigenvalue weighted by atomic mass is 9.62. The van der Waals surface area contributed by atoms with Crippen molar-refractivity contribution >= 4 is 23.4 Å². The van der Waals surface area contributed by atoms with Gasteiger partial charge in [0, 0.05) is 44.9 Å². The van der Waals surface area contributed by atoms with Crippen LogP contribution in [0.15, 0.2) is 35.9 Å². The van der Waals surface area contributed by atoms with Gasteiger partial charge in [-0.05, 0) is 140 Å². The maximum absolute atomic E-state index is 15.2. The molecule has 2 N–H and O–H groups in total. The minimum Gasteiger partial charge on any atom is -0.462 e. The van der Waals surface area contributed by atoms with Gasteiger partial charge in [-0.1, -0.05) is 19.9 Å². The zero-order valence-corrected chi connectivity index (χ0v) is 40.2. The average Bonchev–Trinajstić information content (AvgIpc) is 3.88. The van der Waals surface area contributed by atoms with Crippen molar-refractivity contribution in [2.24, 2.45) is 35.5 Å². The van der Waals surface area contributed by atoms with Crippen LogP contribution in [0.1, 0.15) is 103 Å². The second kappa shape index (κ2) is 22.0. The molecule has 3 aliphatic carbocycles. The second-order valence-electron chi connectivity index (χ2n) is 19.6. The van der Waals surface area contributed by atoms with Gasteiger partial charge in [-0.2, -0.15) is 0 Å². The average molecular weight is 913 g/mol. The number of hydrogen-bond acceptors (Lipinski definition) is 15. The summed E-state index contributed by atoms with van der Waals surface area (Å²) in [5.41, 5.74) is 1.70. The van der Waals surface area contributed by atoms with Crippen LogP contribution in [0, 0.1) is 35.5 Å². The van der Waals surface area contributed by atoms with Crippen molar-refractivity contribution in [3.8, 4) is 0 Å². The van der Waals surface area contributed by atoms with E-state index in [1.165, 1.54) is 0 Å². The van der Waals surface area contributed by atoms with Gasteiger partial charge in [-0.3, -0.25) is 9.59 Å². The van der Waals surface area contributed by atoms with Crippen LogP contribution >= 0.6 is 0 Å². The van der Waals surface area contributed by atoms with Crippen molar-refractivity contribution in [2.45, 2.75) is 172 Å². The highest BCUT2D eigenvalue weighted by atomic mass is 16.7. The highest BCUT2D eigenvalue weighted by Crippen LogP contribution is 2.57. The maximum Gasteiger partial charge on any atom is 0.338 e. The van der Waals surface area contributed by atoms with Crippen molar-refractivity contribution in [1.29, 1.82) is 0 Å². The molecular formula is C50H76N2O13. The molecule has 3 saturated heterocycles. The summed E-state index contributed by atoms with van der Waals surface area (Å²) in [6.07, 6.45) is 2.76. The summed E-state index contributed by atoms with van der Waals surface area (Å²) in [5, 5.41) is 16.3. The van der Waals surface area contributed by atoms with Crippen LogP contribution in [-0.2, 0) is 52.2 Å². The van der Waals surface area contributed by atoms with Crippen LogP contribution in [0.5, 0.6) is 0 Å². The smallest absolute Gasteiger partial charge is 0.338 e. The molecule has 364 valence electrons. The number of ether oxygens (including phenoxy) is 9. The Bertz CT molecular complexity index is 1790. The van der Waals surface area contributed by atoms with Crippen LogP contribution in [0.2, 0.25) is 0 Å². The van der Waals surface area contributed by atoms with E-state index in [0.717, 1.165) is 19.3 Å². The predicted octanol–water partition coefficient (Wildman–Crippen LogP) is 5.95. The van der Waals surface area contributed by atoms with Crippen LogP contribution < -0.4 is 5.32 Å². The summed E-state index contributed by atoms with van der Waals surface area (Å²) in [6.45, 7) is 10.0. The number of anilines is 1. The van der Waals surface area contributed by atoms with Gasteiger partial charge in [0.05, 0.1) is 55.2 Å². The number of Topliss-reactive ketones (excluding diaryl/α,β-unsaturated/α-hetero) is 1. The van der Waals surface area contributed by atoms with Gasteiger partial charge in [-0.25, -0.2) is 4.79 Å². The molecule has 2 saturated carbocycles. The Kier molecular flexibility index (Phi) is 16.9. The van der Waals surface area contributed by atoms with Gasteiger partial charge in [0.2, 0.25) is 0 Å². The number of hydrogen-bond donors (Lipinski definition) is 2. The molecule has 65 heavy (non-hydrogen) atoms. The number of methoxy groups -OCH3 is 3. The van der Waals surface area contributed by atoms with Crippen molar-refractivity contribution in [3.05, 3.63) is 41.5 Å². The number of nitrogens with zero attached hydrogens (tertiary/aromatic N) is 1. The quantitative estimate of drug-likeness (QED) is 0.223. The Morgan fingerprint density at radius 3 is 2.22 bits per heavy atom. The molecule has 1 aromatic rings. The molecule has 3 heterocycles. The van der Waals surface area contributed by atoms with Gasteiger partial charge in [-0.15, -0.1) is 0 Å². The molecule has 5 fully saturated rings. The fourth-order valence-electron chi connectivity index (χ4n) is 12.3. The number of allylic oxidation sites excluding steroid dienone is 2. The lowest BCUT2D eigenvalue weighted by Crippen LogP contribution is -2.59. The van der Waals surface area contributed by atoms with Gasteiger partial charge in [0.25, 0.3) is 0 Å². The first-order valence-electron chi connectivity index (χ1n) is 24.2. The molecule has 15 nitrogen and oxygen atoms in total. The third-order valence-corrected chi connectivity index (χ3v) is 15.6. The molecule has 0 spiro atoms. The van der Waals surface area contributed by atoms with E-state index in [2.05, 4.69) is 37.3 Å². The summed E-state index contributed by atoms with van der Waals surface area (Å²) < 4.78 is 55.4. The molecule has 19 atom stereocenters. The van der Waals surface area contributed by atoms with Crippen molar-refractivity contribution in [1.82, 2.24) is 4.90 Å². The number of fused-ring (bicyclic) bond motifs is 5. The minimum absolute atomic E-state index is 0.00490. The third kappa shape index (κ3) is 10.7. The number of carbonyl (C=O) groups is 3. The van der Waals surface area contributed by atoms with E-state index in [0.29, 0.717) is 48.9 Å². The summed E-state index contributed by atoms with van der Waals surface area (Å²) in [4.78, 5) is 44.1. The van der Waals surface area contributed by atoms with Crippen molar-refractivity contribution in [3.63, 3.8) is 0 Å². The molecule has 0 radical (unpaired) electrons. The molecular weight excluding hydrogens is 837 g/mol. The SMILES string of the molecule is CCOC(=O)c1ccc(N[C@H]2[C@H](O)[C@@H]3C[C@@H](O[C@@H]4OC(C)[C@H](OC)C(OC)[C@@H]4OC)C[C@H]3[C@@H]3C=C4C(=O)[C@H](C)[C@@H](O[C@H]5CC[C@H](N(C)C)C(C)O5)CCC[C@H](CC)OC(=O)C[C@H]4[C@@H]32)cc1. The summed E-state index contributed by atoms with van der Waals surface area (Å²) in [7, 11) is 8.99. The first kappa shape index (κ1) is 49.9. The minimum atomic E-state index is -0.887. The lowest BCUT2D eigenvalue weighted by Gasteiger charge is -2.47. The number of rotatable bonds is 13. The number of esters is 2.